The largest absolute Gasteiger partial charge is 0.491 e. The number of aromatic nitrogens is 2. The van der Waals surface area contributed by atoms with Crippen molar-refractivity contribution in [3.8, 4) is 23.1 Å². The predicted molar refractivity (Wildman–Crippen MR) is 87.3 cm³/mol. The number of hydrogen-bond donors (Lipinski definition) is 1. The van der Waals surface area contributed by atoms with Gasteiger partial charge in [-0.2, -0.15) is 5.26 Å². The lowest BCUT2D eigenvalue weighted by molar-refractivity contribution is 0.241. The van der Waals surface area contributed by atoms with Crippen LogP contribution >= 0.6 is 11.8 Å². The van der Waals surface area contributed by atoms with E-state index in [4.69, 9.17) is 4.74 Å². The number of H-pyrrole nitrogens is 1. The van der Waals surface area contributed by atoms with Crippen LogP contribution in [0.4, 0.5) is 0 Å². The van der Waals surface area contributed by atoms with E-state index in [9.17, 15) is 10.1 Å². The predicted octanol–water partition coefficient (Wildman–Crippen LogP) is 3.13. The van der Waals surface area contributed by atoms with Crippen molar-refractivity contribution >= 4 is 11.8 Å². The van der Waals surface area contributed by atoms with Crippen molar-refractivity contribution in [2.75, 3.05) is 6.26 Å². The molecule has 0 aliphatic carbocycles. The topological polar surface area (TPSA) is 78.8 Å². The molecule has 0 unspecified atom stereocenters. The zero-order valence-electron chi connectivity index (χ0n) is 12.9. The van der Waals surface area contributed by atoms with Crippen LogP contribution in [-0.4, -0.2) is 22.3 Å². The maximum absolute atomic E-state index is 12.0. The Bertz CT molecular complexity index is 791. The SMILES string of the molecule is CSc1nc(-c2ccc(OC(C)C)c(C)c2)c(C#N)c(=O)[nH]1. The number of nitrogens with one attached hydrogen (secondary N) is 1. The van der Waals surface area contributed by atoms with Crippen molar-refractivity contribution in [1.29, 1.82) is 5.26 Å². The summed E-state index contributed by atoms with van der Waals surface area (Å²) in [5.41, 5.74) is 1.66. The highest BCUT2D eigenvalue weighted by Gasteiger charge is 2.14. The van der Waals surface area contributed by atoms with Crippen LogP contribution in [0.15, 0.2) is 28.2 Å². The molecule has 0 saturated carbocycles. The molecule has 1 heterocycles. The summed E-state index contributed by atoms with van der Waals surface area (Å²) in [6, 6.07) is 7.47. The molecule has 0 spiro atoms. The van der Waals surface area contributed by atoms with Gasteiger partial charge in [-0.3, -0.25) is 4.79 Å². The van der Waals surface area contributed by atoms with Crippen LogP contribution in [0.5, 0.6) is 5.75 Å². The summed E-state index contributed by atoms with van der Waals surface area (Å²) in [6.07, 6.45) is 1.90. The molecule has 1 aromatic heterocycles. The number of benzene rings is 1. The minimum absolute atomic E-state index is 0.0229. The molecule has 114 valence electrons. The van der Waals surface area contributed by atoms with E-state index in [-0.39, 0.29) is 11.7 Å². The van der Waals surface area contributed by atoms with Crippen LogP contribution in [0.2, 0.25) is 0 Å². The number of thioether (sulfide) groups is 1. The first kappa shape index (κ1) is 16.1. The van der Waals surface area contributed by atoms with Gasteiger partial charge in [-0.25, -0.2) is 4.98 Å². The normalized spacial score (nSPS) is 10.5. The summed E-state index contributed by atoms with van der Waals surface area (Å²) in [5.74, 6) is 0.784. The molecule has 0 atom stereocenters. The van der Waals surface area contributed by atoms with E-state index < -0.39 is 5.56 Å². The Morgan fingerprint density at radius 3 is 2.68 bits per heavy atom. The molecule has 0 bridgehead atoms. The van der Waals surface area contributed by atoms with E-state index in [1.807, 2.05) is 51.3 Å². The lowest BCUT2D eigenvalue weighted by Gasteiger charge is -2.13. The first-order valence-corrected chi connectivity index (χ1v) is 8.04. The second kappa shape index (κ2) is 6.67. The zero-order chi connectivity index (χ0) is 16.3. The van der Waals surface area contributed by atoms with Gasteiger partial charge in [-0.1, -0.05) is 11.8 Å². The van der Waals surface area contributed by atoms with Crippen LogP contribution < -0.4 is 10.3 Å². The third-order valence-electron chi connectivity index (χ3n) is 3.01. The molecular weight excluding hydrogens is 298 g/mol. The monoisotopic (exact) mass is 315 g/mol. The summed E-state index contributed by atoms with van der Waals surface area (Å²) < 4.78 is 5.70. The Kier molecular flexibility index (Phi) is 4.88. The Hall–Kier alpha value is -2.26. The fourth-order valence-corrected chi connectivity index (χ4v) is 2.42. The van der Waals surface area contributed by atoms with Gasteiger partial charge in [0.1, 0.15) is 17.4 Å². The fourth-order valence-electron chi connectivity index (χ4n) is 2.04. The lowest BCUT2D eigenvalue weighted by Crippen LogP contribution is -2.14. The second-order valence-electron chi connectivity index (χ2n) is 5.06. The molecule has 0 radical (unpaired) electrons. The van der Waals surface area contributed by atoms with Gasteiger partial charge >= 0.3 is 0 Å². The minimum Gasteiger partial charge on any atom is -0.491 e. The molecule has 2 rings (SSSR count). The van der Waals surface area contributed by atoms with Crippen LogP contribution in [0, 0.1) is 18.3 Å². The maximum Gasteiger partial charge on any atom is 0.270 e. The van der Waals surface area contributed by atoms with Gasteiger partial charge in [-0.15, -0.1) is 0 Å². The summed E-state index contributed by atoms with van der Waals surface area (Å²) in [4.78, 5) is 18.9. The van der Waals surface area contributed by atoms with Crippen LogP contribution in [0.25, 0.3) is 11.3 Å². The van der Waals surface area contributed by atoms with E-state index in [0.717, 1.165) is 16.9 Å². The molecule has 5 nitrogen and oxygen atoms in total. The first-order chi connectivity index (χ1) is 10.5. The van der Waals surface area contributed by atoms with Crippen molar-refractivity contribution in [3.63, 3.8) is 0 Å². The summed E-state index contributed by atoms with van der Waals surface area (Å²) in [7, 11) is 0. The van der Waals surface area contributed by atoms with E-state index in [2.05, 4.69) is 9.97 Å². The van der Waals surface area contributed by atoms with Gasteiger partial charge in [0.2, 0.25) is 0 Å². The van der Waals surface area contributed by atoms with Gasteiger partial charge in [0, 0.05) is 5.56 Å². The smallest absolute Gasteiger partial charge is 0.270 e. The number of hydrogen-bond acceptors (Lipinski definition) is 5. The Balaban J connectivity index is 2.57. The highest BCUT2D eigenvalue weighted by Crippen LogP contribution is 2.27. The summed E-state index contributed by atoms with van der Waals surface area (Å²) in [6.45, 7) is 5.85. The van der Waals surface area contributed by atoms with E-state index in [1.165, 1.54) is 11.8 Å². The standard InChI is InChI=1S/C16H17N3O2S/c1-9(2)21-13-6-5-11(7-10(13)3)14-12(8-17)15(20)19-16(18-14)22-4/h5-7,9H,1-4H3,(H,18,19,20). The average Bonchev–Trinajstić information content (AvgIpc) is 2.48. The van der Waals surface area contributed by atoms with E-state index >= 15 is 0 Å². The molecule has 0 aliphatic rings. The van der Waals surface area contributed by atoms with Gasteiger partial charge in [-0.05, 0) is 50.8 Å². The van der Waals surface area contributed by atoms with E-state index in [1.54, 1.807) is 0 Å². The van der Waals surface area contributed by atoms with Gasteiger partial charge in [0.25, 0.3) is 5.56 Å². The van der Waals surface area contributed by atoms with Crippen LogP contribution in [0.1, 0.15) is 25.0 Å². The summed E-state index contributed by atoms with van der Waals surface area (Å²) in [5, 5.41) is 9.71. The third-order valence-corrected chi connectivity index (χ3v) is 3.59. The molecular formula is C16H17N3O2S. The van der Waals surface area contributed by atoms with Crippen molar-refractivity contribution in [1.82, 2.24) is 9.97 Å². The molecule has 0 aliphatic heterocycles. The van der Waals surface area contributed by atoms with Crippen molar-refractivity contribution < 1.29 is 4.74 Å². The molecule has 0 saturated heterocycles. The number of nitriles is 1. The Morgan fingerprint density at radius 1 is 1.41 bits per heavy atom. The number of rotatable bonds is 4. The molecule has 0 amide bonds. The molecule has 1 aromatic carbocycles. The van der Waals surface area contributed by atoms with Crippen molar-refractivity contribution in [2.24, 2.45) is 0 Å². The highest BCUT2D eigenvalue weighted by molar-refractivity contribution is 7.98. The molecule has 1 N–H and O–H groups in total. The second-order valence-corrected chi connectivity index (χ2v) is 5.85. The minimum atomic E-state index is -0.419. The molecule has 0 fully saturated rings. The Morgan fingerprint density at radius 2 is 2.14 bits per heavy atom. The highest BCUT2D eigenvalue weighted by atomic mass is 32.2. The van der Waals surface area contributed by atoms with Crippen LogP contribution in [0.3, 0.4) is 0 Å². The molecule has 22 heavy (non-hydrogen) atoms. The summed E-state index contributed by atoms with van der Waals surface area (Å²) >= 11 is 1.33. The lowest BCUT2D eigenvalue weighted by atomic mass is 10.0. The quantitative estimate of drug-likeness (QED) is 0.692. The van der Waals surface area contributed by atoms with Gasteiger partial charge in [0.15, 0.2) is 5.16 Å². The average molecular weight is 315 g/mol. The third kappa shape index (κ3) is 3.31. The number of aryl methyl sites for hydroxylation is 1. The first-order valence-electron chi connectivity index (χ1n) is 6.82. The van der Waals surface area contributed by atoms with Crippen molar-refractivity contribution in [3.05, 3.63) is 39.7 Å². The Labute approximate surface area is 133 Å². The van der Waals surface area contributed by atoms with E-state index in [0.29, 0.717) is 10.9 Å². The zero-order valence-corrected chi connectivity index (χ0v) is 13.7. The van der Waals surface area contributed by atoms with Gasteiger partial charge in [0.05, 0.1) is 11.8 Å². The fraction of sp³-hybridized carbons (Fsp3) is 0.312. The number of aromatic amines is 1. The number of nitrogens with zero attached hydrogens (tertiary/aromatic N) is 2. The number of ether oxygens (including phenoxy) is 1. The van der Waals surface area contributed by atoms with Gasteiger partial charge < -0.3 is 9.72 Å². The van der Waals surface area contributed by atoms with Crippen molar-refractivity contribution in [2.45, 2.75) is 32.0 Å². The van der Waals surface area contributed by atoms with Crippen LogP contribution in [-0.2, 0) is 0 Å². The maximum atomic E-state index is 12.0. The molecule has 2 aromatic rings. The molecule has 6 heteroatoms.